The Morgan fingerprint density at radius 1 is 1.03 bits per heavy atom. The fourth-order valence-corrected chi connectivity index (χ4v) is 8.81. The number of anilines is 1. The van der Waals surface area contributed by atoms with Crippen LogP contribution in [0.5, 0.6) is 11.5 Å². The van der Waals surface area contributed by atoms with Gasteiger partial charge in [-0.2, -0.15) is 0 Å². The summed E-state index contributed by atoms with van der Waals surface area (Å²) < 4.78 is 19.1. The number of benzene rings is 2. The van der Waals surface area contributed by atoms with Crippen LogP contribution in [-0.2, 0) is 6.54 Å². The number of hydrogen-bond donors (Lipinski definition) is 0. The molecule has 1 aromatic heterocycles. The molecule has 0 unspecified atom stereocenters. The molecule has 1 aliphatic heterocycles. The van der Waals surface area contributed by atoms with Crippen molar-refractivity contribution >= 4 is 55.5 Å². The van der Waals surface area contributed by atoms with Crippen molar-refractivity contribution < 1.29 is 14.0 Å². The average Bonchev–Trinajstić information content (AvgIpc) is 3.33. The van der Waals surface area contributed by atoms with Gasteiger partial charge in [0.15, 0.2) is 0 Å². The number of nitrogens with zero attached hydrogens (tertiary/aromatic N) is 2. The molecular weight excluding hydrogens is 518 g/mol. The molecular formula is C25H29N2O2Se2+. The van der Waals surface area contributed by atoms with E-state index in [4.69, 9.17) is 9.47 Å². The van der Waals surface area contributed by atoms with Crippen molar-refractivity contribution in [3.05, 3.63) is 57.2 Å². The van der Waals surface area contributed by atoms with Crippen LogP contribution in [0.1, 0.15) is 31.8 Å². The van der Waals surface area contributed by atoms with Gasteiger partial charge in [-0.1, -0.05) is 0 Å². The van der Waals surface area contributed by atoms with Gasteiger partial charge in [0, 0.05) is 0 Å². The normalized spacial score (nSPS) is 15.1. The molecule has 1 aliphatic rings. The monoisotopic (exact) mass is 549 g/mol. The Bertz CT molecular complexity index is 1160. The van der Waals surface area contributed by atoms with Crippen LogP contribution in [0, 0.1) is 0 Å². The number of aromatic nitrogens is 1. The number of methoxy groups -OCH3 is 2. The molecule has 4 nitrogen and oxygen atoms in total. The van der Waals surface area contributed by atoms with Crippen molar-refractivity contribution in [3.63, 3.8) is 0 Å². The van der Waals surface area contributed by atoms with Crippen LogP contribution < -0.4 is 23.4 Å². The average molecular weight is 547 g/mol. The van der Waals surface area contributed by atoms with Crippen molar-refractivity contribution in [2.45, 2.75) is 33.7 Å². The molecule has 0 amide bonds. The van der Waals surface area contributed by atoms with Gasteiger partial charge in [-0.25, -0.2) is 0 Å². The third-order valence-electron chi connectivity index (χ3n) is 5.53. The summed E-state index contributed by atoms with van der Waals surface area (Å²) in [6.07, 6.45) is 5.88. The first-order chi connectivity index (χ1) is 15.1. The van der Waals surface area contributed by atoms with Crippen LogP contribution in [0.3, 0.4) is 0 Å². The predicted octanol–water partition coefficient (Wildman–Crippen LogP) is 3.73. The molecule has 0 bridgehead atoms. The molecule has 162 valence electrons. The Hall–Kier alpha value is -1.97. The van der Waals surface area contributed by atoms with Gasteiger partial charge >= 0.3 is 198 Å². The van der Waals surface area contributed by atoms with E-state index in [0.29, 0.717) is 29.5 Å². The van der Waals surface area contributed by atoms with Crippen molar-refractivity contribution in [3.8, 4) is 11.5 Å². The Morgan fingerprint density at radius 2 is 1.77 bits per heavy atom. The zero-order valence-electron chi connectivity index (χ0n) is 18.8. The second kappa shape index (κ2) is 9.67. The van der Waals surface area contributed by atoms with E-state index in [1.165, 1.54) is 34.7 Å². The first-order valence-corrected chi connectivity index (χ1v) is 14.1. The van der Waals surface area contributed by atoms with Gasteiger partial charge in [0.2, 0.25) is 0 Å². The van der Waals surface area contributed by atoms with Gasteiger partial charge in [-0.15, -0.1) is 0 Å². The summed E-state index contributed by atoms with van der Waals surface area (Å²) >= 11 is 0.635. The van der Waals surface area contributed by atoms with Crippen LogP contribution >= 0.6 is 0 Å². The second-order valence-electron chi connectivity index (χ2n) is 7.25. The Morgan fingerprint density at radius 3 is 2.45 bits per heavy atom. The summed E-state index contributed by atoms with van der Waals surface area (Å²) in [6.45, 7) is 8.65. The standard InChI is InChI=1S/C25H29N2O2Se2/c1-6-17(13-24-26(7-2)20-15-18(28-4)9-11-22(20)30-24)14-25-27(8-3)21-16-19(29-5)10-12-23(21)31-25/h9-16H,6-8H2,1-5H3/q+1. The van der Waals surface area contributed by atoms with E-state index in [1.54, 1.807) is 14.2 Å². The molecule has 0 spiro atoms. The third kappa shape index (κ3) is 4.36. The van der Waals surface area contributed by atoms with E-state index in [1.807, 2.05) is 0 Å². The first kappa shape index (κ1) is 22.2. The third-order valence-corrected chi connectivity index (χ3v) is 10.2. The Labute approximate surface area is 197 Å². The van der Waals surface area contributed by atoms with Crippen LogP contribution in [0.25, 0.3) is 15.9 Å². The molecule has 0 fully saturated rings. The number of allylic oxidation sites excluding steroid dienone is 2. The van der Waals surface area contributed by atoms with Crippen LogP contribution in [0.15, 0.2) is 52.6 Å². The van der Waals surface area contributed by atoms with Crippen LogP contribution in [0.2, 0.25) is 0 Å². The zero-order valence-corrected chi connectivity index (χ0v) is 22.2. The van der Waals surface area contributed by atoms with Gasteiger partial charge in [-0.05, 0) is 0 Å². The van der Waals surface area contributed by atoms with E-state index in [0.717, 1.165) is 31.0 Å². The van der Waals surface area contributed by atoms with Crippen LogP contribution in [-0.4, -0.2) is 50.2 Å². The summed E-state index contributed by atoms with van der Waals surface area (Å²) in [5.74, 6) is 1.85. The van der Waals surface area contributed by atoms with Gasteiger partial charge in [0.1, 0.15) is 0 Å². The van der Waals surface area contributed by atoms with E-state index < -0.39 is 0 Å². The minimum absolute atomic E-state index is 0.318. The quantitative estimate of drug-likeness (QED) is 0.333. The molecule has 0 N–H and O–H groups in total. The molecule has 31 heavy (non-hydrogen) atoms. The van der Waals surface area contributed by atoms with Crippen molar-refractivity contribution in [2.24, 2.45) is 0 Å². The minimum atomic E-state index is 0.318. The van der Waals surface area contributed by atoms with Crippen LogP contribution in [0.4, 0.5) is 5.69 Å². The number of fused-ring (bicyclic) bond motifs is 2. The van der Waals surface area contributed by atoms with Crippen molar-refractivity contribution in [2.75, 3.05) is 25.7 Å². The molecule has 6 heteroatoms. The van der Waals surface area contributed by atoms with E-state index >= 15 is 0 Å². The molecule has 2 heterocycles. The zero-order chi connectivity index (χ0) is 22.0. The maximum atomic E-state index is 5.46. The SMILES string of the molecule is CCC(=C/c1[se]c2ccc(OC)cc2[n+]1CC)/C=C1\[Se]c2ccc(OC)cc2N1CC. The number of ether oxygens (including phenoxy) is 2. The molecule has 0 saturated carbocycles. The van der Waals surface area contributed by atoms with E-state index in [-0.39, 0.29) is 0 Å². The Kier molecular flexibility index (Phi) is 6.93. The predicted molar refractivity (Wildman–Crippen MR) is 131 cm³/mol. The van der Waals surface area contributed by atoms with Gasteiger partial charge in [0.05, 0.1) is 0 Å². The number of aryl methyl sites for hydroxylation is 1. The summed E-state index contributed by atoms with van der Waals surface area (Å²) in [6, 6.07) is 13.0. The molecule has 3 aromatic rings. The first-order valence-electron chi connectivity index (χ1n) is 10.7. The number of hydrogen-bond acceptors (Lipinski definition) is 3. The van der Waals surface area contributed by atoms with Crippen molar-refractivity contribution in [1.82, 2.24) is 0 Å². The van der Waals surface area contributed by atoms with Gasteiger partial charge in [-0.3, -0.25) is 0 Å². The van der Waals surface area contributed by atoms with Gasteiger partial charge in [0.25, 0.3) is 0 Å². The fourth-order valence-electron chi connectivity index (χ4n) is 3.85. The summed E-state index contributed by atoms with van der Waals surface area (Å²) in [4.78, 5) is 2.45. The molecule has 4 rings (SSSR count). The second-order valence-corrected chi connectivity index (χ2v) is 11.7. The number of rotatable bonds is 7. The van der Waals surface area contributed by atoms with Gasteiger partial charge < -0.3 is 0 Å². The molecule has 0 aliphatic carbocycles. The van der Waals surface area contributed by atoms with E-state index in [9.17, 15) is 0 Å². The summed E-state index contributed by atoms with van der Waals surface area (Å²) in [5, 5.41) is 0. The molecule has 0 radical (unpaired) electrons. The summed E-state index contributed by atoms with van der Waals surface area (Å²) in [5.41, 5.74) is 4.00. The maximum absolute atomic E-state index is 5.46. The van der Waals surface area contributed by atoms with E-state index in [2.05, 4.69) is 78.8 Å². The molecule has 0 atom stereocenters. The topological polar surface area (TPSA) is 25.6 Å². The molecule has 0 saturated heterocycles. The molecule has 2 aromatic carbocycles. The summed E-state index contributed by atoms with van der Waals surface area (Å²) in [7, 11) is 3.47. The Balaban J connectivity index is 1.73. The van der Waals surface area contributed by atoms with Crippen molar-refractivity contribution in [1.29, 1.82) is 0 Å². The fraction of sp³-hybridized carbons (Fsp3) is 0.320.